The van der Waals surface area contributed by atoms with Crippen LogP contribution in [0, 0.1) is 0 Å². The summed E-state index contributed by atoms with van der Waals surface area (Å²) in [6.45, 7) is 0.167. The number of alkyl halides is 1. The van der Waals surface area contributed by atoms with E-state index >= 15 is 0 Å². The molecule has 398 valence electrons. The number of carbonyl (C=O) groups excluding carboxylic acids is 1. The van der Waals surface area contributed by atoms with E-state index in [0.29, 0.717) is 22.0 Å². The first-order valence-electron chi connectivity index (χ1n) is 22.6. The van der Waals surface area contributed by atoms with Gasteiger partial charge in [-0.25, -0.2) is 0 Å². The lowest BCUT2D eigenvalue weighted by Gasteiger charge is -2.06. The lowest BCUT2D eigenvalue weighted by atomic mass is 10.1. The molecule has 5 nitrogen and oxygen atoms in total. The second-order valence-corrected chi connectivity index (χ2v) is 23.0. The van der Waals surface area contributed by atoms with Crippen LogP contribution in [-0.4, -0.2) is 56.2 Å². The van der Waals surface area contributed by atoms with Crippen LogP contribution in [0.2, 0.25) is 20.1 Å². The first kappa shape index (κ1) is 67.8. The van der Waals surface area contributed by atoms with E-state index in [-0.39, 0.29) is 14.0 Å². The molecule has 74 heavy (non-hydrogen) atoms. The summed E-state index contributed by atoms with van der Waals surface area (Å²) in [6.07, 6.45) is 4.47. The van der Waals surface area contributed by atoms with Crippen molar-refractivity contribution in [1.29, 1.82) is 0 Å². The molecule has 0 aromatic heterocycles. The fourth-order valence-electron chi connectivity index (χ4n) is 6.22. The molecule has 0 fully saturated rings. The van der Waals surface area contributed by atoms with Crippen LogP contribution in [0.5, 0.6) is 17.2 Å². The monoisotopic (exact) mass is 1390 g/mol. The van der Waals surface area contributed by atoms with Crippen molar-refractivity contribution >= 4 is 153 Å². The summed E-state index contributed by atoms with van der Waals surface area (Å²) < 4.78 is 18.4. The number of aliphatic hydroxyl groups is 1. The fraction of sp³-hybridized carbons (Fsp3) is 0.259. The quantitative estimate of drug-likeness (QED) is 0.0362. The van der Waals surface area contributed by atoms with Crippen LogP contribution >= 0.6 is 146 Å². The molecule has 0 amide bonds. The number of thiol groups is 1. The number of rotatable bonds is 19. The highest BCUT2D eigenvalue weighted by Crippen LogP contribution is 2.26. The van der Waals surface area contributed by atoms with E-state index < -0.39 is 0 Å². The molecule has 0 aliphatic heterocycles. The average molecular weight is 1400 g/mol. The Morgan fingerprint density at radius 3 is 1.18 bits per heavy atom. The number of hydrogen-bond acceptors (Lipinski definition) is 8. The van der Waals surface area contributed by atoms with Gasteiger partial charge in [-0.2, -0.15) is 36.2 Å². The molecule has 7 rings (SSSR count). The number of aliphatic hydroxyl groups excluding tert-OH is 1. The van der Waals surface area contributed by atoms with Crippen LogP contribution < -0.4 is 14.2 Å². The van der Waals surface area contributed by atoms with Crippen molar-refractivity contribution in [2.45, 2.75) is 50.4 Å². The smallest absolute Gasteiger partial charge is 0.150 e. The lowest BCUT2D eigenvalue weighted by molar-refractivity contribution is 0.112. The minimum absolute atomic E-state index is 0. The minimum atomic E-state index is 0. The number of ether oxygens (including phenoxy) is 3. The zero-order valence-corrected chi connectivity index (χ0v) is 52.5. The Hall–Kier alpha value is -2.30. The number of aryl methyl sites for hydroxylation is 3. The van der Waals surface area contributed by atoms with Crippen LogP contribution in [0.1, 0.15) is 56.7 Å². The van der Waals surface area contributed by atoms with E-state index in [1.54, 1.807) is 27.4 Å². The molecule has 16 heteroatoms. The largest absolute Gasteiger partial charge is 0.497 e. The highest BCUT2D eigenvalue weighted by Gasteiger charge is 2.05. The van der Waals surface area contributed by atoms with Gasteiger partial charge in [0.2, 0.25) is 0 Å². The van der Waals surface area contributed by atoms with E-state index in [1.165, 1.54) is 27.8 Å². The van der Waals surface area contributed by atoms with Gasteiger partial charge in [-0.05, 0) is 161 Å². The summed E-state index contributed by atoms with van der Waals surface area (Å²) >= 11 is 45.0. The van der Waals surface area contributed by atoms with E-state index in [4.69, 9.17) is 65.7 Å². The van der Waals surface area contributed by atoms with Gasteiger partial charge in [0.1, 0.15) is 23.5 Å². The molecule has 0 atom stereocenters. The van der Waals surface area contributed by atoms with Crippen molar-refractivity contribution in [1.82, 2.24) is 0 Å². The second kappa shape index (κ2) is 40.0. The molecular formula is C58H62Br4Cl4O5S3. The number of thioether (sulfide) groups is 2. The van der Waals surface area contributed by atoms with Gasteiger partial charge in [-0.3, -0.25) is 4.79 Å². The van der Waals surface area contributed by atoms with Gasteiger partial charge < -0.3 is 19.3 Å². The number of carbonyl (C=O) groups is 1. The normalized spacial score (nSPS) is 10.1. The van der Waals surface area contributed by atoms with Gasteiger partial charge in [0.15, 0.2) is 0 Å². The SMILES string of the molecule is C.COc1ccc(CS)cc1.COc1ccc(CSCCc2ccc(Cl)cc2Br)cc1.COc1ccc(CSCCc2ccc(Cl)cc2C=O)cc1.Clc1ccc(CCBr)c(Br)c1.OCCc1ccc(Cl)cc1Br. The highest BCUT2D eigenvalue weighted by molar-refractivity contribution is 9.11. The maximum absolute atomic E-state index is 11.0. The summed E-state index contributed by atoms with van der Waals surface area (Å²) in [7, 11) is 5.02. The van der Waals surface area contributed by atoms with E-state index in [0.717, 1.165) is 111 Å². The maximum atomic E-state index is 11.0. The second-order valence-electron chi connectivity index (χ2n) is 15.4. The topological polar surface area (TPSA) is 65.0 Å². The predicted octanol–water partition coefficient (Wildman–Crippen LogP) is 19.7. The summed E-state index contributed by atoms with van der Waals surface area (Å²) in [4.78, 5) is 11.0. The van der Waals surface area contributed by atoms with Gasteiger partial charge in [0, 0.05) is 68.3 Å². The molecule has 1 N–H and O–H groups in total. The Kier molecular flexibility index (Phi) is 36.6. The molecule has 0 unspecified atom stereocenters. The Bertz CT molecular complexity index is 2590. The van der Waals surface area contributed by atoms with Crippen molar-refractivity contribution in [2.24, 2.45) is 0 Å². The minimum Gasteiger partial charge on any atom is -0.497 e. The predicted molar refractivity (Wildman–Crippen MR) is 341 cm³/mol. The van der Waals surface area contributed by atoms with Crippen molar-refractivity contribution in [2.75, 3.05) is 44.8 Å². The molecule has 0 spiro atoms. The number of halogens is 8. The third-order valence-corrected chi connectivity index (χ3v) is 16.2. The zero-order chi connectivity index (χ0) is 53.4. The summed E-state index contributed by atoms with van der Waals surface area (Å²) in [5.41, 5.74) is 9.21. The first-order valence-corrected chi connectivity index (χ1v) is 30.6. The van der Waals surface area contributed by atoms with Crippen LogP contribution in [0.3, 0.4) is 0 Å². The molecule has 7 aromatic rings. The molecule has 0 aliphatic rings. The molecule has 7 aromatic carbocycles. The number of benzene rings is 7. The molecule has 0 saturated carbocycles. The third-order valence-electron chi connectivity index (χ3n) is 10.3. The van der Waals surface area contributed by atoms with Gasteiger partial charge >= 0.3 is 0 Å². The highest BCUT2D eigenvalue weighted by atomic mass is 79.9. The van der Waals surface area contributed by atoms with Crippen molar-refractivity contribution < 1.29 is 24.1 Å². The van der Waals surface area contributed by atoms with E-state index in [1.807, 2.05) is 133 Å². The van der Waals surface area contributed by atoms with Crippen molar-refractivity contribution in [3.05, 3.63) is 224 Å². The third kappa shape index (κ3) is 27.3. The maximum Gasteiger partial charge on any atom is 0.150 e. The van der Waals surface area contributed by atoms with Gasteiger partial charge in [0.25, 0.3) is 0 Å². The van der Waals surface area contributed by atoms with Gasteiger partial charge in [-0.15, -0.1) is 0 Å². The molecule has 0 radical (unpaired) electrons. The molecule has 0 saturated heterocycles. The standard InChI is InChI=1S/C17H17ClO2S.C16H16BrClOS.C8H7Br2Cl.C8H8BrClO.C8H10OS.CH4/c1-20-17-6-2-13(3-7-17)12-21-9-8-14-4-5-16(18)10-15(14)11-19;1-19-15-6-2-12(3-7-15)11-20-9-8-13-4-5-14(18)10-16(13)17;9-4-3-6-1-2-7(11)5-8(6)10;9-8-5-7(10)2-1-6(8)3-4-11;1-9-8-4-2-7(6-10)3-5-8;/h2-7,10-11H,8-9,12H2,1H3;2-7,10H,8-9,11H2,1H3;1-2,5H,3-4H2;1-2,5,11H,3-4H2;2-5,10H,6H2,1H3;1H4. The Labute approximate surface area is 507 Å². The molecule has 0 bridgehead atoms. The molecular weight excluding hydrogens is 1330 g/mol. The van der Waals surface area contributed by atoms with E-state index in [2.05, 4.69) is 107 Å². The summed E-state index contributed by atoms with van der Waals surface area (Å²) in [6, 6.07) is 47.1. The lowest BCUT2D eigenvalue weighted by Crippen LogP contribution is -1.95. The summed E-state index contributed by atoms with van der Waals surface area (Å²) in [5, 5.41) is 12.5. The van der Waals surface area contributed by atoms with Gasteiger partial charge in [-0.1, -0.05) is 178 Å². The zero-order valence-electron chi connectivity index (χ0n) is 40.6. The van der Waals surface area contributed by atoms with Gasteiger partial charge in [0.05, 0.1) is 21.3 Å². The van der Waals surface area contributed by atoms with Crippen LogP contribution in [0.4, 0.5) is 0 Å². The first-order chi connectivity index (χ1) is 35.2. The Morgan fingerprint density at radius 1 is 0.500 bits per heavy atom. The van der Waals surface area contributed by atoms with Crippen LogP contribution in [0.15, 0.2) is 159 Å². The van der Waals surface area contributed by atoms with Crippen LogP contribution in [-0.2, 0) is 42.9 Å². The van der Waals surface area contributed by atoms with E-state index in [9.17, 15) is 4.79 Å². The number of aldehydes is 1. The van der Waals surface area contributed by atoms with Crippen molar-refractivity contribution in [3.63, 3.8) is 0 Å². The Morgan fingerprint density at radius 2 is 0.838 bits per heavy atom. The summed E-state index contributed by atoms with van der Waals surface area (Å²) in [5.74, 6) is 7.49. The fourth-order valence-corrected chi connectivity index (χ4v) is 11.6. The average Bonchev–Trinajstić information content (AvgIpc) is 3.40. The molecule has 0 heterocycles. The Balaban J connectivity index is 0.000000327. The molecule has 0 aliphatic carbocycles. The number of methoxy groups -OCH3 is 3. The number of hydrogen-bond donors (Lipinski definition) is 2. The van der Waals surface area contributed by atoms with Crippen LogP contribution in [0.25, 0.3) is 0 Å². The van der Waals surface area contributed by atoms with Crippen molar-refractivity contribution in [3.8, 4) is 17.2 Å².